The van der Waals surface area contributed by atoms with E-state index in [-0.39, 0.29) is 11.9 Å². The third kappa shape index (κ3) is 4.79. The van der Waals surface area contributed by atoms with Crippen LogP contribution in [0.2, 0.25) is 0 Å². The number of hydrogen-bond acceptors (Lipinski definition) is 5. The molecular formula is C18H22N4OS. The van der Waals surface area contributed by atoms with Crippen molar-refractivity contribution in [1.82, 2.24) is 20.2 Å². The summed E-state index contributed by atoms with van der Waals surface area (Å²) in [6, 6.07) is 10.5. The van der Waals surface area contributed by atoms with E-state index < -0.39 is 0 Å². The Kier molecular flexibility index (Phi) is 5.82. The van der Waals surface area contributed by atoms with E-state index in [0.717, 1.165) is 26.1 Å². The summed E-state index contributed by atoms with van der Waals surface area (Å²) < 4.78 is 0. The Morgan fingerprint density at radius 3 is 2.79 bits per heavy atom. The molecular weight excluding hydrogens is 320 g/mol. The summed E-state index contributed by atoms with van der Waals surface area (Å²) in [5.41, 5.74) is 2.85. The number of aromatic nitrogens is 2. The van der Waals surface area contributed by atoms with Gasteiger partial charge in [0.1, 0.15) is 0 Å². The van der Waals surface area contributed by atoms with E-state index in [2.05, 4.69) is 51.4 Å². The third-order valence-corrected chi connectivity index (χ3v) is 4.90. The SMILES string of the molecule is CC(CN1CCc2ccccc2C1)NC(=O)CSc1ncccn1. The Balaban J connectivity index is 1.42. The van der Waals surface area contributed by atoms with Gasteiger partial charge in [-0.15, -0.1) is 0 Å². The largest absolute Gasteiger partial charge is 0.352 e. The van der Waals surface area contributed by atoms with Gasteiger partial charge < -0.3 is 5.32 Å². The molecule has 1 unspecified atom stereocenters. The van der Waals surface area contributed by atoms with Crippen molar-refractivity contribution < 1.29 is 4.79 Å². The van der Waals surface area contributed by atoms with Crippen LogP contribution in [0.15, 0.2) is 47.9 Å². The van der Waals surface area contributed by atoms with E-state index in [1.165, 1.54) is 22.9 Å². The second-order valence-corrected chi connectivity index (χ2v) is 6.98. The zero-order valence-electron chi connectivity index (χ0n) is 13.8. The molecule has 0 fully saturated rings. The van der Waals surface area contributed by atoms with E-state index in [1.807, 2.05) is 0 Å². The first-order chi connectivity index (χ1) is 11.7. The van der Waals surface area contributed by atoms with Gasteiger partial charge in [0.15, 0.2) is 5.16 Å². The van der Waals surface area contributed by atoms with Gasteiger partial charge in [0, 0.05) is 38.1 Å². The van der Waals surface area contributed by atoms with Crippen LogP contribution in [0.25, 0.3) is 0 Å². The molecule has 5 nitrogen and oxygen atoms in total. The number of thioether (sulfide) groups is 1. The minimum atomic E-state index is 0.0253. The van der Waals surface area contributed by atoms with Crippen molar-refractivity contribution in [3.63, 3.8) is 0 Å². The molecule has 0 spiro atoms. The molecule has 0 aliphatic carbocycles. The number of carbonyl (C=O) groups is 1. The summed E-state index contributed by atoms with van der Waals surface area (Å²) in [7, 11) is 0. The highest BCUT2D eigenvalue weighted by atomic mass is 32.2. The maximum absolute atomic E-state index is 12.1. The van der Waals surface area contributed by atoms with Gasteiger partial charge >= 0.3 is 0 Å². The topological polar surface area (TPSA) is 58.1 Å². The average Bonchev–Trinajstić information content (AvgIpc) is 2.60. The van der Waals surface area contributed by atoms with Gasteiger partial charge in [0.2, 0.25) is 5.91 Å². The lowest BCUT2D eigenvalue weighted by Crippen LogP contribution is -2.44. The Bertz CT molecular complexity index is 680. The van der Waals surface area contributed by atoms with E-state index in [0.29, 0.717) is 10.9 Å². The predicted molar refractivity (Wildman–Crippen MR) is 95.8 cm³/mol. The molecule has 0 saturated heterocycles. The molecule has 0 radical (unpaired) electrons. The van der Waals surface area contributed by atoms with Gasteiger partial charge in [-0.2, -0.15) is 0 Å². The fourth-order valence-electron chi connectivity index (χ4n) is 2.95. The van der Waals surface area contributed by atoms with E-state index >= 15 is 0 Å². The maximum Gasteiger partial charge on any atom is 0.230 e. The highest BCUT2D eigenvalue weighted by molar-refractivity contribution is 7.99. The van der Waals surface area contributed by atoms with E-state index in [4.69, 9.17) is 0 Å². The summed E-state index contributed by atoms with van der Waals surface area (Å²) in [4.78, 5) is 22.7. The van der Waals surface area contributed by atoms with Crippen molar-refractivity contribution in [2.45, 2.75) is 31.1 Å². The molecule has 1 aliphatic rings. The van der Waals surface area contributed by atoms with Crippen LogP contribution in [0.1, 0.15) is 18.1 Å². The van der Waals surface area contributed by atoms with Crippen LogP contribution in [0.5, 0.6) is 0 Å². The minimum Gasteiger partial charge on any atom is -0.352 e. The summed E-state index contributed by atoms with van der Waals surface area (Å²) in [5.74, 6) is 0.370. The maximum atomic E-state index is 12.1. The van der Waals surface area contributed by atoms with Gasteiger partial charge in [-0.05, 0) is 30.5 Å². The summed E-state index contributed by atoms with van der Waals surface area (Å²) in [5, 5.41) is 3.70. The quantitative estimate of drug-likeness (QED) is 0.644. The molecule has 1 atom stereocenters. The summed E-state index contributed by atoms with van der Waals surface area (Å²) in [6.07, 6.45) is 4.45. The predicted octanol–water partition coefficient (Wildman–Crippen LogP) is 2.13. The van der Waals surface area contributed by atoms with Crippen molar-refractivity contribution in [2.75, 3.05) is 18.8 Å². The Morgan fingerprint density at radius 1 is 1.25 bits per heavy atom. The molecule has 24 heavy (non-hydrogen) atoms. The second kappa shape index (κ2) is 8.26. The molecule has 0 saturated carbocycles. The van der Waals surface area contributed by atoms with Crippen LogP contribution < -0.4 is 5.32 Å². The van der Waals surface area contributed by atoms with Gasteiger partial charge in [-0.1, -0.05) is 36.0 Å². The molecule has 2 heterocycles. The first-order valence-corrected chi connectivity index (χ1v) is 9.17. The minimum absolute atomic E-state index is 0.0253. The molecule has 1 aliphatic heterocycles. The number of carbonyl (C=O) groups excluding carboxylic acids is 1. The standard InChI is InChI=1S/C18H22N4OS/c1-14(21-17(23)13-24-18-19-8-4-9-20-18)11-22-10-7-15-5-2-3-6-16(15)12-22/h2-6,8-9,14H,7,10-13H2,1H3,(H,21,23). The van der Waals surface area contributed by atoms with Crippen molar-refractivity contribution in [2.24, 2.45) is 0 Å². The zero-order chi connectivity index (χ0) is 16.8. The van der Waals surface area contributed by atoms with Crippen LogP contribution >= 0.6 is 11.8 Å². The van der Waals surface area contributed by atoms with Crippen molar-refractivity contribution in [3.8, 4) is 0 Å². The zero-order valence-corrected chi connectivity index (χ0v) is 14.6. The fourth-order valence-corrected chi connectivity index (χ4v) is 3.56. The first-order valence-electron chi connectivity index (χ1n) is 8.19. The lowest BCUT2D eigenvalue weighted by atomic mass is 10.00. The number of nitrogens with zero attached hydrogens (tertiary/aromatic N) is 3. The molecule has 1 aromatic heterocycles. The van der Waals surface area contributed by atoms with Crippen LogP contribution in [0, 0.1) is 0 Å². The molecule has 3 rings (SSSR count). The fraction of sp³-hybridized carbons (Fsp3) is 0.389. The molecule has 126 valence electrons. The van der Waals surface area contributed by atoms with Gasteiger partial charge in [-0.25, -0.2) is 9.97 Å². The van der Waals surface area contributed by atoms with E-state index in [9.17, 15) is 4.79 Å². The van der Waals surface area contributed by atoms with Gasteiger partial charge in [0.25, 0.3) is 0 Å². The van der Waals surface area contributed by atoms with Crippen LogP contribution in [0.3, 0.4) is 0 Å². The van der Waals surface area contributed by atoms with Crippen LogP contribution in [0.4, 0.5) is 0 Å². The van der Waals surface area contributed by atoms with Crippen molar-refractivity contribution >= 4 is 17.7 Å². The number of rotatable bonds is 6. The third-order valence-electron chi connectivity index (χ3n) is 4.02. The second-order valence-electron chi connectivity index (χ2n) is 6.04. The lowest BCUT2D eigenvalue weighted by molar-refractivity contribution is -0.119. The normalized spacial score (nSPS) is 15.5. The number of nitrogens with one attached hydrogen (secondary N) is 1. The Hall–Kier alpha value is -1.92. The Morgan fingerprint density at radius 2 is 2.00 bits per heavy atom. The Labute approximate surface area is 146 Å². The smallest absolute Gasteiger partial charge is 0.230 e. The number of amides is 1. The number of hydrogen-bond donors (Lipinski definition) is 1. The van der Waals surface area contributed by atoms with Gasteiger partial charge in [-0.3, -0.25) is 9.69 Å². The molecule has 1 amide bonds. The lowest BCUT2D eigenvalue weighted by Gasteiger charge is -2.31. The average molecular weight is 342 g/mol. The molecule has 2 aromatic rings. The van der Waals surface area contributed by atoms with Crippen molar-refractivity contribution in [3.05, 3.63) is 53.9 Å². The van der Waals surface area contributed by atoms with Gasteiger partial charge in [0.05, 0.1) is 5.75 Å². The molecule has 6 heteroatoms. The summed E-state index contributed by atoms with van der Waals surface area (Å²) in [6.45, 7) is 4.93. The summed E-state index contributed by atoms with van der Waals surface area (Å²) >= 11 is 1.36. The molecule has 0 bridgehead atoms. The van der Waals surface area contributed by atoms with E-state index in [1.54, 1.807) is 18.5 Å². The highest BCUT2D eigenvalue weighted by Gasteiger charge is 2.18. The van der Waals surface area contributed by atoms with Crippen molar-refractivity contribution in [1.29, 1.82) is 0 Å². The number of fused-ring (bicyclic) bond motifs is 1. The number of benzene rings is 1. The first kappa shape index (κ1) is 16.9. The monoisotopic (exact) mass is 342 g/mol. The molecule has 1 aromatic carbocycles. The molecule has 1 N–H and O–H groups in total. The van der Waals surface area contributed by atoms with Crippen LogP contribution in [-0.2, 0) is 17.8 Å². The van der Waals surface area contributed by atoms with Crippen LogP contribution in [-0.4, -0.2) is 45.7 Å². The highest BCUT2D eigenvalue weighted by Crippen LogP contribution is 2.18.